The van der Waals surface area contributed by atoms with Gasteiger partial charge in [0.1, 0.15) is 0 Å². The first-order chi connectivity index (χ1) is 14.2. The van der Waals surface area contributed by atoms with E-state index < -0.39 is 0 Å². The molecular weight excluding hydrogens is 404 g/mol. The van der Waals surface area contributed by atoms with Gasteiger partial charge in [-0.25, -0.2) is 0 Å². The molecule has 6 heteroatoms. The molecule has 154 valence electrons. The van der Waals surface area contributed by atoms with E-state index in [9.17, 15) is 4.79 Å². The lowest BCUT2D eigenvalue weighted by Gasteiger charge is -2.42. The second-order valence-corrected chi connectivity index (χ2v) is 10.3. The van der Waals surface area contributed by atoms with Crippen LogP contribution in [0.15, 0.2) is 48.5 Å². The lowest BCUT2D eigenvalue weighted by Crippen LogP contribution is -2.37. The van der Waals surface area contributed by atoms with Crippen LogP contribution in [-0.4, -0.2) is 38.3 Å². The van der Waals surface area contributed by atoms with Crippen LogP contribution in [0.25, 0.3) is 0 Å². The van der Waals surface area contributed by atoms with Gasteiger partial charge in [0, 0.05) is 5.92 Å². The van der Waals surface area contributed by atoms with Crippen LogP contribution in [0.4, 0.5) is 0 Å². The van der Waals surface area contributed by atoms with Gasteiger partial charge in [-0.1, -0.05) is 36.4 Å². The van der Waals surface area contributed by atoms with Crippen molar-refractivity contribution in [1.29, 1.82) is 0 Å². The quantitative estimate of drug-likeness (QED) is 0.616. The summed E-state index contributed by atoms with van der Waals surface area (Å²) < 4.78 is 16.4. The standard InChI is InChI=1S/C23H26O4S2/c1-25-20-10-9-17(14-21(20)26-2)23(28-11-6-12-29-23)19-15-27-22(24)18(19)13-16-7-4-3-5-8-16/h3-5,7-10,14,18-19H,6,11-13,15H2,1-2H3. The van der Waals surface area contributed by atoms with E-state index in [1.54, 1.807) is 14.2 Å². The summed E-state index contributed by atoms with van der Waals surface area (Å²) in [7, 11) is 3.31. The van der Waals surface area contributed by atoms with Crippen LogP contribution in [0.5, 0.6) is 11.5 Å². The summed E-state index contributed by atoms with van der Waals surface area (Å²) in [4.78, 5) is 12.7. The number of esters is 1. The number of methoxy groups -OCH3 is 2. The molecule has 0 bridgehead atoms. The Hall–Kier alpha value is -1.79. The minimum absolute atomic E-state index is 0.0783. The van der Waals surface area contributed by atoms with Gasteiger partial charge in [0.05, 0.1) is 30.8 Å². The number of ether oxygens (including phenoxy) is 3. The molecule has 0 spiro atoms. The highest BCUT2D eigenvalue weighted by atomic mass is 32.2. The highest BCUT2D eigenvalue weighted by molar-refractivity contribution is 8.18. The number of hydrogen-bond acceptors (Lipinski definition) is 6. The number of carbonyl (C=O) groups is 1. The zero-order valence-electron chi connectivity index (χ0n) is 16.8. The van der Waals surface area contributed by atoms with Crippen molar-refractivity contribution in [3.8, 4) is 11.5 Å². The molecule has 0 saturated carbocycles. The van der Waals surface area contributed by atoms with Gasteiger partial charge in [-0.05, 0) is 47.6 Å². The fourth-order valence-corrected chi connectivity index (χ4v) is 7.90. The maximum Gasteiger partial charge on any atom is 0.309 e. The molecule has 2 aliphatic heterocycles. The van der Waals surface area contributed by atoms with Crippen LogP contribution in [0.2, 0.25) is 0 Å². The van der Waals surface area contributed by atoms with Gasteiger partial charge in [0.2, 0.25) is 0 Å². The molecular formula is C23H26O4S2. The van der Waals surface area contributed by atoms with Gasteiger partial charge in [0.15, 0.2) is 11.5 Å². The second kappa shape index (κ2) is 8.92. The molecule has 2 heterocycles. The Labute approximate surface area is 180 Å². The Morgan fingerprint density at radius 2 is 1.76 bits per heavy atom. The van der Waals surface area contributed by atoms with Crippen molar-refractivity contribution >= 4 is 29.5 Å². The average Bonchev–Trinajstić information content (AvgIpc) is 3.15. The smallest absolute Gasteiger partial charge is 0.309 e. The Bertz CT molecular complexity index is 849. The van der Waals surface area contributed by atoms with E-state index in [0.717, 1.165) is 23.0 Å². The monoisotopic (exact) mass is 430 g/mol. The second-order valence-electron chi connectivity index (χ2n) is 7.32. The number of hydrogen-bond donors (Lipinski definition) is 0. The van der Waals surface area contributed by atoms with Crippen molar-refractivity contribution in [1.82, 2.24) is 0 Å². The first kappa shape index (κ1) is 20.5. The molecule has 4 rings (SSSR count). The topological polar surface area (TPSA) is 44.8 Å². The van der Waals surface area contributed by atoms with E-state index in [4.69, 9.17) is 14.2 Å². The predicted molar refractivity (Wildman–Crippen MR) is 119 cm³/mol. The fourth-order valence-electron chi connectivity index (χ4n) is 4.22. The summed E-state index contributed by atoms with van der Waals surface area (Å²) in [6.45, 7) is 0.463. The number of rotatable bonds is 6. The average molecular weight is 431 g/mol. The normalized spacial score (nSPS) is 23.4. The van der Waals surface area contributed by atoms with Crippen LogP contribution in [0.1, 0.15) is 17.5 Å². The predicted octanol–water partition coefficient (Wildman–Crippen LogP) is 4.76. The summed E-state index contributed by atoms with van der Waals surface area (Å²) in [5.74, 6) is 3.46. The summed E-state index contributed by atoms with van der Waals surface area (Å²) in [6, 6.07) is 16.4. The molecule has 4 nitrogen and oxygen atoms in total. The number of thioether (sulfide) groups is 2. The Morgan fingerprint density at radius 3 is 2.45 bits per heavy atom. The first-order valence-corrected chi connectivity index (χ1v) is 11.9. The SMILES string of the molecule is COc1ccc(C2(C3COC(=O)C3Cc3ccccc3)SCCCS2)cc1OC. The van der Waals surface area contributed by atoms with Gasteiger partial charge in [-0.15, -0.1) is 23.5 Å². The largest absolute Gasteiger partial charge is 0.493 e. The van der Waals surface area contributed by atoms with Crippen molar-refractivity contribution in [2.24, 2.45) is 11.8 Å². The van der Waals surface area contributed by atoms with Crippen LogP contribution in [0.3, 0.4) is 0 Å². The van der Waals surface area contributed by atoms with Crippen LogP contribution < -0.4 is 9.47 Å². The molecule has 2 aromatic rings. The molecule has 2 fully saturated rings. The van der Waals surface area contributed by atoms with Crippen LogP contribution in [-0.2, 0) is 20.0 Å². The zero-order valence-corrected chi connectivity index (χ0v) is 18.4. The Morgan fingerprint density at radius 1 is 1.03 bits per heavy atom. The molecule has 2 aliphatic rings. The van der Waals surface area contributed by atoms with Gasteiger partial charge >= 0.3 is 5.97 Å². The van der Waals surface area contributed by atoms with Crippen LogP contribution >= 0.6 is 23.5 Å². The molecule has 2 unspecified atom stereocenters. The number of carbonyl (C=O) groups excluding carboxylic acids is 1. The Balaban J connectivity index is 1.73. The molecule has 0 N–H and O–H groups in total. The lowest BCUT2D eigenvalue weighted by molar-refractivity contribution is -0.141. The van der Waals surface area contributed by atoms with Crippen LogP contribution in [0, 0.1) is 11.8 Å². The molecule has 2 saturated heterocycles. The van der Waals surface area contributed by atoms with E-state index in [0.29, 0.717) is 13.0 Å². The van der Waals surface area contributed by atoms with Gasteiger partial charge in [-0.2, -0.15) is 0 Å². The van der Waals surface area contributed by atoms with E-state index in [1.165, 1.54) is 17.5 Å². The molecule has 0 radical (unpaired) electrons. The van der Waals surface area contributed by atoms with E-state index in [-0.39, 0.29) is 21.9 Å². The van der Waals surface area contributed by atoms with E-state index in [1.807, 2.05) is 47.8 Å². The third-order valence-electron chi connectivity index (χ3n) is 5.69. The van der Waals surface area contributed by atoms with Crippen molar-refractivity contribution in [2.75, 3.05) is 32.3 Å². The molecule has 2 aromatic carbocycles. The third kappa shape index (κ3) is 3.97. The molecule has 2 atom stereocenters. The van der Waals surface area contributed by atoms with Gasteiger partial charge in [0.25, 0.3) is 0 Å². The minimum atomic E-state index is -0.233. The number of cyclic esters (lactones) is 1. The van der Waals surface area contributed by atoms with Crippen molar-refractivity contribution in [3.05, 3.63) is 59.7 Å². The summed E-state index contributed by atoms with van der Waals surface area (Å²) in [5, 5.41) is 0. The Kier molecular flexibility index (Phi) is 6.30. The molecule has 29 heavy (non-hydrogen) atoms. The van der Waals surface area contributed by atoms with Crippen molar-refractivity contribution < 1.29 is 19.0 Å². The highest BCUT2D eigenvalue weighted by Gasteiger charge is 2.52. The molecule has 0 aromatic heterocycles. The van der Waals surface area contributed by atoms with E-state index in [2.05, 4.69) is 24.3 Å². The van der Waals surface area contributed by atoms with Gasteiger partial charge < -0.3 is 14.2 Å². The lowest BCUT2D eigenvalue weighted by atomic mass is 9.84. The third-order valence-corrected chi connectivity index (χ3v) is 9.32. The minimum Gasteiger partial charge on any atom is -0.493 e. The molecule has 0 amide bonds. The zero-order chi connectivity index (χ0) is 20.3. The summed E-state index contributed by atoms with van der Waals surface area (Å²) >= 11 is 3.89. The van der Waals surface area contributed by atoms with Crippen molar-refractivity contribution in [3.63, 3.8) is 0 Å². The summed E-state index contributed by atoms with van der Waals surface area (Å²) in [6.07, 6.45) is 1.88. The summed E-state index contributed by atoms with van der Waals surface area (Å²) in [5.41, 5.74) is 2.35. The number of benzene rings is 2. The molecule has 0 aliphatic carbocycles. The fraction of sp³-hybridized carbons (Fsp3) is 0.435. The first-order valence-electron chi connectivity index (χ1n) is 9.89. The van der Waals surface area contributed by atoms with Crippen molar-refractivity contribution in [2.45, 2.75) is 16.9 Å². The maximum atomic E-state index is 12.7. The van der Waals surface area contributed by atoms with Gasteiger partial charge in [-0.3, -0.25) is 4.79 Å². The van der Waals surface area contributed by atoms with E-state index >= 15 is 0 Å². The highest BCUT2D eigenvalue weighted by Crippen LogP contribution is 2.59. The maximum absolute atomic E-state index is 12.7.